The lowest BCUT2D eigenvalue weighted by atomic mass is 10.0. The smallest absolute Gasteiger partial charge is 0.407 e. The second-order valence-corrected chi connectivity index (χ2v) is 5.44. The van der Waals surface area contributed by atoms with Gasteiger partial charge in [-0.05, 0) is 37.8 Å². The summed E-state index contributed by atoms with van der Waals surface area (Å²) in [4.78, 5) is 27.3. The molecule has 0 fully saturated rings. The number of rotatable bonds is 5. The Kier molecular flexibility index (Phi) is 4.45. The molecule has 1 amide bonds. The van der Waals surface area contributed by atoms with Gasteiger partial charge in [0.15, 0.2) is 0 Å². The lowest BCUT2D eigenvalue weighted by molar-refractivity contribution is -0.110. The van der Waals surface area contributed by atoms with Crippen molar-refractivity contribution in [3.8, 4) is 5.88 Å². The summed E-state index contributed by atoms with van der Waals surface area (Å²) >= 11 is 0. The lowest BCUT2D eigenvalue weighted by Gasteiger charge is -2.16. The fourth-order valence-electron chi connectivity index (χ4n) is 2.63. The highest BCUT2D eigenvalue weighted by Gasteiger charge is 2.26. The van der Waals surface area contributed by atoms with Crippen LogP contribution in [0.5, 0.6) is 5.88 Å². The van der Waals surface area contributed by atoms with Gasteiger partial charge >= 0.3 is 6.09 Å². The predicted molar refractivity (Wildman–Crippen MR) is 76.8 cm³/mol. The Morgan fingerprint density at radius 3 is 2.71 bits per heavy atom. The minimum atomic E-state index is -0.984. The van der Waals surface area contributed by atoms with E-state index in [2.05, 4.69) is 4.98 Å². The van der Waals surface area contributed by atoms with E-state index in [-0.39, 0.29) is 19.1 Å². The van der Waals surface area contributed by atoms with Crippen molar-refractivity contribution in [1.82, 2.24) is 9.88 Å². The Labute approximate surface area is 123 Å². The molecule has 1 aromatic rings. The summed E-state index contributed by atoms with van der Waals surface area (Å²) in [6, 6.07) is 0. The van der Waals surface area contributed by atoms with Gasteiger partial charge in [-0.1, -0.05) is 0 Å². The minimum Gasteiger partial charge on any atom is -0.476 e. The molecular weight excluding hydrogens is 272 g/mol. The molecule has 0 radical (unpaired) electrons. The van der Waals surface area contributed by atoms with Gasteiger partial charge in [0.1, 0.15) is 12.9 Å². The number of aromatic nitrogens is 1. The SMILES string of the molecule is Cc1nc(OCCN(C)C(=O)O)c(C)c2c1CC(C=O)C2. The van der Waals surface area contributed by atoms with Crippen LogP contribution in [0.25, 0.3) is 0 Å². The second-order valence-electron chi connectivity index (χ2n) is 5.44. The van der Waals surface area contributed by atoms with Crippen LogP contribution in [0.1, 0.15) is 22.4 Å². The number of nitrogens with zero attached hydrogens (tertiary/aromatic N) is 2. The van der Waals surface area contributed by atoms with Crippen molar-refractivity contribution in [3.05, 3.63) is 22.4 Å². The Morgan fingerprint density at radius 1 is 1.43 bits per heavy atom. The maximum Gasteiger partial charge on any atom is 0.407 e. The summed E-state index contributed by atoms with van der Waals surface area (Å²) in [7, 11) is 1.49. The van der Waals surface area contributed by atoms with Crippen molar-refractivity contribution in [3.63, 3.8) is 0 Å². The molecule has 114 valence electrons. The molecule has 2 rings (SSSR count). The molecule has 6 nitrogen and oxygen atoms in total. The van der Waals surface area contributed by atoms with Crippen molar-refractivity contribution >= 4 is 12.4 Å². The number of carbonyl (C=O) groups excluding carboxylic acids is 1. The Morgan fingerprint density at radius 2 is 2.10 bits per heavy atom. The lowest BCUT2D eigenvalue weighted by Crippen LogP contribution is -2.29. The number of pyridine rings is 1. The molecule has 1 unspecified atom stereocenters. The molecule has 0 aliphatic heterocycles. The van der Waals surface area contributed by atoms with Crippen LogP contribution in [-0.2, 0) is 17.6 Å². The van der Waals surface area contributed by atoms with Gasteiger partial charge in [0, 0.05) is 24.2 Å². The number of fused-ring (bicyclic) bond motifs is 1. The number of ether oxygens (including phenoxy) is 1. The molecule has 1 N–H and O–H groups in total. The van der Waals surface area contributed by atoms with E-state index in [9.17, 15) is 9.59 Å². The number of carboxylic acid groups (broad SMARTS) is 1. The quantitative estimate of drug-likeness (QED) is 0.834. The fourth-order valence-corrected chi connectivity index (χ4v) is 2.63. The van der Waals surface area contributed by atoms with E-state index in [0.29, 0.717) is 5.88 Å². The highest BCUT2D eigenvalue weighted by Crippen LogP contribution is 2.33. The van der Waals surface area contributed by atoms with E-state index in [1.165, 1.54) is 7.05 Å². The van der Waals surface area contributed by atoms with E-state index < -0.39 is 6.09 Å². The molecule has 1 heterocycles. The highest BCUT2D eigenvalue weighted by atomic mass is 16.5. The molecule has 0 saturated carbocycles. The number of likely N-dealkylation sites (N-methyl/N-ethyl adjacent to an activating group) is 1. The molecule has 6 heteroatoms. The molecule has 0 aromatic carbocycles. The number of amides is 1. The average molecular weight is 292 g/mol. The Balaban J connectivity index is 2.11. The van der Waals surface area contributed by atoms with Crippen LogP contribution >= 0.6 is 0 Å². The molecule has 0 bridgehead atoms. The maximum absolute atomic E-state index is 11.0. The zero-order chi connectivity index (χ0) is 15.6. The van der Waals surface area contributed by atoms with Crippen LogP contribution in [0.15, 0.2) is 0 Å². The number of aldehydes is 1. The van der Waals surface area contributed by atoms with Crippen molar-refractivity contribution in [2.75, 3.05) is 20.2 Å². The van der Waals surface area contributed by atoms with Crippen LogP contribution < -0.4 is 4.74 Å². The largest absolute Gasteiger partial charge is 0.476 e. The molecule has 1 atom stereocenters. The van der Waals surface area contributed by atoms with Gasteiger partial charge in [-0.2, -0.15) is 0 Å². The highest BCUT2D eigenvalue weighted by molar-refractivity contribution is 5.64. The molecule has 1 aliphatic carbocycles. The Bertz CT molecular complexity index is 571. The topological polar surface area (TPSA) is 79.7 Å². The molecule has 0 saturated heterocycles. The van der Waals surface area contributed by atoms with Crippen molar-refractivity contribution in [2.24, 2.45) is 5.92 Å². The first-order valence-electron chi connectivity index (χ1n) is 6.95. The van der Waals surface area contributed by atoms with Gasteiger partial charge in [0.2, 0.25) is 5.88 Å². The third-order valence-corrected chi connectivity index (χ3v) is 3.96. The predicted octanol–water partition coefficient (Wildman–Crippen LogP) is 1.60. The molecule has 1 aliphatic rings. The van der Waals surface area contributed by atoms with Gasteiger partial charge in [-0.25, -0.2) is 9.78 Å². The van der Waals surface area contributed by atoms with E-state index >= 15 is 0 Å². The van der Waals surface area contributed by atoms with E-state index in [4.69, 9.17) is 9.84 Å². The zero-order valence-corrected chi connectivity index (χ0v) is 12.5. The Hall–Kier alpha value is -2.11. The normalized spacial score (nSPS) is 16.4. The molecule has 1 aromatic heterocycles. The number of hydrogen-bond acceptors (Lipinski definition) is 4. The summed E-state index contributed by atoms with van der Waals surface area (Å²) in [6.07, 6.45) is 1.50. The van der Waals surface area contributed by atoms with E-state index in [1.54, 1.807) is 0 Å². The van der Waals surface area contributed by atoms with Gasteiger partial charge in [0.05, 0.1) is 6.54 Å². The first-order chi connectivity index (χ1) is 9.93. The molecule has 0 spiro atoms. The summed E-state index contributed by atoms with van der Waals surface area (Å²) in [6.45, 7) is 4.39. The number of aryl methyl sites for hydroxylation is 1. The third-order valence-electron chi connectivity index (χ3n) is 3.96. The van der Waals surface area contributed by atoms with E-state index in [1.807, 2.05) is 13.8 Å². The van der Waals surface area contributed by atoms with Gasteiger partial charge in [-0.3, -0.25) is 0 Å². The van der Waals surface area contributed by atoms with Gasteiger partial charge in [-0.15, -0.1) is 0 Å². The summed E-state index contributed by atoms with van der Waals surface area (Å²) in [5, 5.41) is 8.78. The first-order valence-corrected chi connectivity index (χ1v) is 6.95. The van der Waals surface area contributed by atoms with Crippen LogP contribution in [0.3, 0.4) is 0 Å². The van der Waals surface area contributed by atoms with Gasteiger partial charge < -0.3 is 19.5 Å². The number of carbonyl (C=O) groups is 2. The van der Waals surface area contributed by atoms with Gasteiger partial charge in [0.25, 0.3) is 0 Å². The minimum absolute atomic E-state index is 0.0348. The van der Waals surface area contributed by atoms with Crippen molar-refractivity contribution in [2.45, 2.75) is 26.7 Å². The summed E-state index contributed by atoms with van der Waals surface area (Å²) in [5.74, 6) is 0.573. The zero-order valence-electron chi connectivity index (χ0n) is 12.5. The first kappa shape index (κ1) is 15.3. The summed E-state index contributed by atoms with van der Waals surface area (Å²) in [5.41, 5.74) is 4.15. The van der Waals surface area contributed by atoms with Crippen LogP contribution in [0, 0.1) is 19.8 Å². The second kappa shape index (κ2) is 6.11. The monoisotopic (exact) mass is 292 g/mol. The van der Waals surface area contributed by atoms with Crippen LogP contribution in [0.4, 0.5) is 4.79 Å². The third kappa shape index (κ3) is 3.15. The van der Waals surface area contributed by atoms with Crippen molar-refractivity contribution in [1.29, 1.82) is 0 Å². The standard InChI is InChI=1S/C15H20N2O4/c1-9-12-6-11(8-18)7-13(12)10(2)16-14(9)21-5-4-17(3)15(19)20/h8,11H,4-7H2,1-3H3,(H,19,20). The molecular formula is C15H20N2O4. The summed E-state index contributed by atoms with van der Waals surface area (Å²) < 4.78 is 5.63. The molecule has 21 heavy (non-hydrogen) atoms. The maximum atomic E-state index is 11.0. The average Bonchev–Trinajstić information content (AvgIpc) is 2.89. The van der Waals surface area contributed by atoms with Crippen LogP contribution in [0.2, 0.25) is 0 Å². The van der Waals surface area contributed by atoms with E-state index in [0.717, 1.165) is 46.4 Å². The van der Waals surface area contributed by atoms with Crippen LogP contribution in [-0.4, -0.2) is 47.6 Å². The fraction of sp³-hybridized carbons (Fsp3) is 0.533. The number of hydrogen-bond donors (Lipinski definition) is 1. The van der Waals surface area contributed by atoms with Crippen molar-refractivity contribution < 1.29 is 19.4 Å².